The summed E-state index contributed by atoms with van der Waals surface area (Å²) in [6.07, 6.45) is 3.89. The second-order valence-corrected chi connectivity index (χ2v) is 5.35. The van der Waals surface area contributed by atoms with Crippen molar-refractivity contribution in [2.24, 2.45) is 5.73 Å². The van der Waals surface area contributed by atoms with E-state index in [1.54, 1.807) is 12.5 Å². The first-order chi connectivity index (χ1) is 7.79. The average Bonchev–Trinajstić information content (AvgIpc) is 2.59. The molecule has 0 aliphatic carbocycles. The number of imidazole rings is 1. The molecule has 0 fully saturated rings. The van der Waals surface area contributed by atoms with E-state index in [1.165, 1.54) is 0 Å². The van der Waals surface area contributed by atoms with Gasteiger partial charge < -0.3 is 15.6 Å². The van der Waals surface area contributed by atoms with Gasteiger partial charge in [-0.1, -0.05) is 0 Å². The molecule has 1 atom stereocenters. The number of nitrogens with two attached hydrogens (primary N) is 1. The van der Waals surface area contributed by atoms with E-state index in [2.05, 4.69) is 10.3 Å². The molecule has 0 aromatic carbocycles. The molecule has 5 heteroatoms. The number of hydrogen-bond donors (Lipinski definition) is 2. The maximum absolute atomic E-state index is 11.7. The van der Waals surface area contributed by atoms with Gasteiger partial charge in [-0.25, -0.2) is 4.98 Å². The molecule has 3 N–H and O–H groups in total. The van der Waals surface area contributed by atoms with Gasteiger partial charge in [0, 0.05) is 30.7 Å². The third-order valence-corrected chi connectivity index (χ3v) is 2.31. The molecule has 17 heavy (non-hydrogen) atoms. The summed E-state index contributed by atoms with van der Waals surface area (Å²) in [7, 11) is 0. The van der Waals surface area contributed by atoms with Gasteiger partial charge in [0.1, 0.15) is 0 Å². The molecule has 0 spiro atoms. The highest BCUT2D eigenvalue weighted by atomic mass is 16.1. The highest BCUT2D eigenvalue weighted by molar-refractivity contribution is 5.76. The summed E-state index contributed by atoms with van der Waals surface area (Å²) in [5.41, 5.74) is 6.57. The first-order valence-electron chi connectivity index (χ1n) is 5.86. The third-order valence-electron chi connectivity index (χ3n) is 2.31. The van der Waals surface area contributed by atoms with Gasteiger partial charge in [-0.05, 0) is 27.7 Å². The topological polar surface area (TPSA) is 72.9 Å². The molecule has 0 radical (unpaired) electrons. The summed E-state index contributed by atoms with van der Waals surface area (Å²) >= 11 is 0. The van der Waals surface area contributed by atoms with Crippen molar-refractivity contribution in [1.29, 1.82) is 0 Å². The second-order valence-electron chi connectivity index (χ2n) is 5.35. The van der Waals surface area contributed by atoms with E-state index in [0.29, 0.717) is 13.0 Å². The van der Waals surface area contributed by atoms with Gasteiger partial charge in [-0.3, -0.25) is 4.79 Å². The Balaban J connectivity index is 2.50. The molecule has 0 saturated heterocycles. The van der Waals surface area contributed by atoms with Gasteiger partial charge in [0.2, 0.25) is 5.91 Å². The van der Waals surface area contributed by atoms with Gasteiger partial charge in [0.25, 0.3) is 0 Å². The van der Waals surface area contributed by atoms with Crippen LogP contribution in [-0.4, -0.2) is 21.0 Å². The van der Waals surface area contributed by atoms with Crippen molar-refractivity contribution in [3.8, 4) is 0 Å². The largest absolute Gasteiger partial charge is 0.351 e. The summed E-state index contributed by atoms with van der Waals surface area (Å²) in [6, 6.07) is -0.0665. The van der Waals surface area contributed by atoms with E-state index in [4.69, 9.17) is 5.73 Å². The summed E-state index contributed by atoms with van der Waals surface area (Å²) in [5, 5.41) is 2.93. The Morgan fingerprint density at radius 1 is 1.59 bits per heavy atom. The van der Waals surface area contributed by atoms with Gasteiger partial charge in [-0.15, -0.1) is 0 Å². The molecular weight excluding hydrogens is 216 g/mol. The van der Waals surface area contributed by atoms with Crippen molar-refractivity contribution in [2.75, 3.05) is 0 Å². The monoisotopic (exact) mass is 238 g/mol. The first-order valence-corrected chi connectivity index (χ1v) is 5.86. The van der Waals surface area contributed by atoms with Crippen LogP contribution in [0.1, 0.15) is 45.9 Å². The Labute approximate surface area is 102 Å². The molecule has 1 aromatic heterocycles. The second kappa shape index (κ2) is 5.31. The summed E-state index contributed by atoms with van der Waals surface area (Å²) in [4.78, 5) is 15.7. The zero-order valence-electron chi connectivity index (χ0n) is 11.0. The fraction of sp³-hybridized carbons (Fsp3) is 0.667. The smallest absolute Gasteiger partial charge is 0.222 e. The molecule has 0 aliphatic heterocycles. The van der Waals surface area contributed by atoms with E-state index in [9.17, 15) is 4.79 Å². The van der Waals surface area contributed by atoms with Crippen LogP contribution in [0.3, 0.4) is 0 Å². The first kappa shape index (κ1) is 13.7. The van der Waals surface area contributed by atoms with Crippen molar-refractivity contribution in [1.82, 2.24) is 14.9 Å². The molecule has 0 bridgehead atoms. The standard InChI is InChI=1S/C12H22N4O/c1-9(13)10-7-14-8-16(10)6-5-11(17)15-12(2,3)4/h7-9H,5-6,13H2,1-4H3,(H,15,17)/t9-/m1/s1. The molecule has 0 saturated carbocycles. The van der Waals surface area contributed by atoms with Gasteiger partial charge >= 0.3 is 0 Å². The van der Waals surface area contributed by atoms with Crippen LogP contribution < -0.4 is 11.1 Å². The van der Waals surface area contributed by atoms with Crippen LogP contribution in [0.2, 0.25) is 0 Å². The number of aromatic nitrogens is 2. The van der Waals surface area contributed by atoms with Crippen molar-refractivity contribution >= 4 is 5.91 Å². The van der Waals surface area contributed by atoms with E-state index in [0.717, 1.165) is 5.69 Å². The van der Waals surface area contributed by atoms with Gasteiger partial charge in [0.05, 0.1) is 12.0 Å². The lowest BCUT2D eigenvalue weighted by molar-refractivity contribution is -0.122. The van der Waals surface area contributed by atoms with E-state index >= 15 is 0 Å². The number of nitrogens with one attached hydrogen (secondary N) is 1. The normalized spacial score (nSPS) is 13.5. The minimum atomic E-state index is -0.185. The molecule has 5 nitrogen and oxygen atoms in total. The van der Waals surface area contributed by atoms with Crippen molar-refractivity contribution < 1.29 is 4.79 Å². The Morgan fingerprint density at radius 2 is 2.24 bits per heavy atom. The lowest BCUT2D eigenvalue weighted by Gasteiger charge is -2.20. The highest BCUT2D eigenvalue weighted by Crippen LogP contribution is 2.09. The summed E-state index contributed by atoms with van der Waals surface area (Å²) in [5.74, 6) is 0.0434. The molecule has 1 rings (SSSR count). The predicted octanol–water partition coefficient (Wildman–Crippen LogP) is 1.21. The fourth-order valence-electron chi connectivity index (χ4n) is 1.60. The number of aryl methyl sites for hydroxylation is 1. The molecule has 96 valence electrons. The molecule has 1 amide bonds. The lowest BCUT2D eigenvalue weighted by atomic mass is 10.1. The minimum Gasteiger partial charge on any atom is -0.351 e. The Bertz CT molecular complexity index is 376. The van der Waals surface area contributed by atoms with Crippen LogP contribution >= 0.6 is 0 Å². The Hall–Kier alpha value is -1.36. The molecule has 0 unspecified atom stereocenters. The third kappa shape index (κ3) is 4.56. The number of carbonyl (C=O) groups excluding carboxylic acids is 1. The zero-order chi connectivity index (χ0) is 13.1. The van der Waals surface area contributed by atoms with Crippen LogP contribution in [0.4, 0.5) is 0 Å². The van der Waals surface area contributed by atoms with E-state index < -0.39 is 0 Å². The maximum atomic E-state index is 11.7. The van der Waals surface area contributed by atoms with E-state index in [-0.39, 0.29) is 17.5 Å². The summed E-state index contributed by atoms with van der Waals surface area (Å²) in [6.45, 7) is 8.42. The van der Waals surface area contributed by atoms with Crippen LogP contribution in [-0.2, 0) is 11.3 Å². The zero-order valence-corrected chi connectivity index (χ0v) is 11.0. The number of nitrogens with zero attached hydrogens (tertiary/aromatic N) is 2. The van der Waals surface area contributed by atoms with Crippen molar-refractivity contribution in [3.63, 3.8) is 0 Å². The molecular formula is C12H22N4O. The van der Waals surface area contributed by atoms with Crippen LogP contribution in [0, 0.1) is 0 Å². The van der Waals surface area contributed by atoms with Crippen molar-refractivity contribution in [3.05, 3.63) is 18.2 Å². The predicted molar refractivity (Wildman–Crippen MR) is 67.3 cm³/mol. The van der Waals surface area contributed by atoms with Crippen LogP contribution in [0.15, 0.2) is 12.5 Å². The SMILES string of the molecule is C[C@@H](N)c1cncn1CCC(=O)NC(C)(C)C. The van der Waals surface area contributed by atoms with E-state index in [1.807, 2.05) is 32.3 Å². The van der Waals surface area contributed by atoms with Crippen LogP contribution in [0.25, 0.3) is 0 Å². The maximum Gasteiger partial charge on any atom is 0.222 e. The highest BCUT2D eigenvalue weighted by Gasteiger charge is 2.14. The number of carbonyl (C=O) groups is 1. The van der Waals surface area contributed by atoms with Gasteiger partial charge in [0.15, 0.2) is 0 Å². The molecule has 1 aromatic rings. The number of rotatable bonds is 4. The molecule has 0 aliphatic rings. The lowest BCUT2D eigenvalue weighted by Crippen LogP contribution is -2.40. The van der Waals surface area contributed by atoms with Crippen molar-refractivity contribution in [2.45, 2.75) is 52.2 Å². The summed E-state index contributed by atoms with van der Waals surface area (Å²) < 4.78 is 1.92. The number of amides is 1. The minimum absolute atomic E-state index is 0.0434. The van der Waals surface area contributed by atoms with Crippen LogP contribution in [0.5, 0.6) is 0 Å². The average molecular weight is 238 g/mol. The Morgan fingerprint density at radius 3 is 2.76 bits per heavy atom. The van der Waals surface area contributed by atoms with Gasteiger partial charge in [-0.2, -0.15) is 0 Å². The molecule has 1 heterocycles. The number of hydrogen-bond acceptors (Lipinski definition) is 3. The fourth-order valence-corrected chi connectivity index (χ4v) is 1.60. The Kier molecular flexibility index (Phi) is 4.28. The quantitative estimate of drug-likeness (QED) is 0.828.